The van der Waals surface area contributed by atoms with Gasteiger partial charge in [0.15, 0.2) is 11.8 Å². The molecule has 0 aliphatic heterocycles. The monoisotopic (exact) mass is 340 g/mol. The molecule has 7 nitrogen and oxygen atoms in total. The maximum Gasteiger partial charge on any atom is 0.359 e. The zero-order valence-electron chi connectivity index (χ0n) is 14.1. The largest absolute Gasteiger partial charge is 0.448 e. The van der Waals surface area contributed by atoms with Gasteiger partial charge in [-0.05, 0) is 31.9 Å². The molecule has 2 heterocycles. The first-order chi connectivity index (χ1) is 12.0. The average molecular weight is 340 g/mol. The van der Waals surface area contributed by atoms with E-state index in [0.717, 1.165) is 19.3 Å². The van der Waals surface area contributed by atoms with Crippen LogP contribution in [0.25, 0.3) is 5.65 Å². The maximum absolute atomic E-state index is 12.3. The van der Waals surface area contributed by atoms with Gasteiger partial charge >= 0.3 is 5.97 Å². The lowest BCUT2D eigenvalue weighted by Crippen LogP contribution is -2.52. The predicted molar refractivity (Wildman–Crippen MR) is 89.6 cm³/mol. The van der Waals surface area contributed by atoms with E-state index in [2.05, 4.69) is 16.4 Å². The SMILES string of the molecule is CC(OC(=O)c1cn2ccccc2n1)C(=O)NC1(C#N)CCCCC1. The molecule has 1 N–H and O–H groups in total. The molecule has 1 unspecified atom stereocenters. The van der Waals surface area contributed by atoms with Gasteiger partial charge in [-0.1, -0.05) is 25.3 Å². The number of hydrogen-bond acceptors (Lipinski definition) is 5. The Labute approximate surface area is 145 Å². The molecule has 1 fully saturated rings. The zero-order valence-corrected chi connectivity index (χ0v) is 14.1. The number of ether oxygens (including phenoxy) is 1. The number of nitrogens with one attached hydrogen (secondary N) is 1. The summed E-state index contributed by atoms with van der Waals surface area (Å²) >= 11 is 0. The minimum Gasteiger partial charge on any atom is -0.448 e. The molecule has 0 aromatic carbocycles. The van der Waals surface area contributed by atoms with Gasteiger partial charge in [-0.2, -0.15) is 5.26 Å². The van der Waals surface area contributed by atoms with Crippen molar-refractivity contribution in [1.82, 2.24) is 14.7 Å². The van der Waals surface area contributed by atoms with Gasteiger partial charge in [-0.3, -0.25) is 4.79 Å². The molecule has 2 aromatic rings. The number of amides is 1. The first-order valence-electron chi connectivity index (χ1n) is 8.41. The number of nitriles is 1. The summed E-state index contributed by atoms with van der Waals surface area (Å²) < 4.78 is 6.92. The minimum absolute atomic E-state index is 0.138. The fraction of sp³-hybridized carbons (Fsp3) is 0.444. The fourth-order valence-electron chi connectivity index (χ4n) is 3.07. The van der Waals surface area contributed by atoms with Gasteiger partial charge in [0, 0.05) is 12.4 Å². The first kappa shape index (κ1) is 17.0. The predicted octanol–water partition coefficient (Wildman–Crippen LogP) is 2.22. The summed E-state index contributed by atoms with van der Waals surface area (Å²) in [5, 5.41) is 12.2. The molecule has 1 saturated carbocycles. The fourth-order valence-corrected chi connectivity index (χ4v) is 3.07. The molecular weight excluding hydrogens is 320 g/mol. The number of esters is 1. The molecule has 0 bridgehead atoms. The van der Waals surface area contributed by atoms with Gasteiger partial charge in [-0.25, -0.2) is 9.78 Å². The number of imidazole rings is 1. The normalized spacial score (nSPS) is 17.4. The molecule has 130 valence electrons. The van der Waals surface area contributed by atoms with Gasteiger partial charge in [0.1, 0.15) is 11.2 Å². The maximum atomic E-state index is 12.3. The topological polar surface area (TPSA) is 96.5 Å². The van der Waals surface area contributed by atoms with Crippen LogP contribution in [0.1, 0.15) is 49.5 Å². The second kappa shape index (κ2) is 6.93. The van der Waals surface area contributed by atoms with Crippen molar-refractivity contribution in [3.8, 4) is 6.07 Å². The minimum atomic E-state index is -0.996. The van der Waals surface area contributed by atoms with Crippen molar-refractivity contribution < 1.29 is 14.3 Å². The van der Waals surface area contributed by atoms with Crippen LogP contribution < -0.4 is 5.32 Å². The molecule has 0 spiro atoms. The summed E-state index contributed by atoms with van der Waals surface area (Å²) in [6.45, 7) is 1.50. The van der Waals surface area contributed by atoms with Crippen molar-refractivity contribution in [3.63, 3.8) is 0 Å². The van der Waals surface area contributed by atoms with Crippen molar-refractivity contribution >= 4 is 17.5 Å². The molecule has 2 aromatic heterocycles. The van der Waals surface area contributed by atoms with E-state index in [4.69, 9.17) is 4.74 Å². The molecule has 0 saturated heterocycles. The Morgan fingerprint density at radius 3 is 2.80 bits per heavy atom. The molecule has 1 atom stereocenters. The summed E-state index contributed by atoms with van der Waals surface area (Å²) in [7, 11) is 0. The molecule has 1 amide bonds. The highest BCUT2D eigenvalue weighted by molar-refractivity contribution is 5.91. The van der Waals surface area contributed by atoms with Crippen LogP contribution in [-0.2, 0) is 9.53 Å². The van der Waals surface area contributed by atoms with Gasteiger partial charge in [0.25, 0.3) is 5.91 Å². The lowest BCUT2D eigenvalue weighted by atomic mass is 9.83. The summed E-state index contributed by atoms with van der Waals surface area (Å²) in [5.74, 6) is -1.12. The van der Waals surface area contributed by atoms with Crippen LogP contribution in [-0.4, -0.2) is 32.9 Å². The van der Waals surface area contributed by atoms with E-state index < -0.39 is 23.5 Å². The number of carbonyl (C=O) groups is 2. The zero-order chi connectivity index (χ0) is 17.9. The van der Waals surface area contributed by atoms with E-state index in [1.165, 1.54) is 6.92 Å². The van der Waals surface area contributed by atoms with E-state index in [1.807, 2.05) is 12.1 Å². The molecule has 1 aliphatic rings. The lowest BCUT2D eigenvalue weighted by molar-refractivity contribution is -0.130. The first-order valence-corrected chi connectivity index (χ1v) is 8.41. The lowest BCUT2D eigenvalue weighted by Gasteiger charge is -2.32. The Morgan fingerprint density at radius 2 is 2.12 bits per heavy atom. The average Bonchev–Trinajstić information content (AvgIpc) is 3.06. The molecular formula is C18H20N4O3. The van der Waals surface area contributed by atoms with Gasteiger partial charge in [0.05, 0.1) is 6.07 Å². The van der Waals surface area contributed by atoms with E-state index >= 15 is 0 Å². The Hall–Kier alpha value is -2.88. The van der Waals surface area contributed by atoms with Crippen LogP contribution >= 0.6 is 0 Å². The second-order valence-corrected chi connectivity index (χ2v) is 6.38. The summed E-state index contributed by atoms with van der Waals surface area (Å²) in [4.78, 5) is 28.8. The Bertz CT molecular complexity index is 797. The molecule has 7 heteroatoms. The summed E-state index contributed by atoms with van der Waals surface area (Å²) in [6.07, 6.45) is 6.47. The number of pyridine rings is 1. The number of nitrogens with zero attached hydrogens (tertiary/aromatic N) is 3. The molecule has 0 radical (unpaired) electrons. The van der Waals surface area contributed by atoms with Gasteiger partial charge < -0.3 is 14.5 Å². The highest BCUT2D eigenvalue weighted by atomic mass is 16.5. The van der Waals surface area contributed by atoms with Crippen molar-refractivity contribution in [2.24, 2.45) is 0 Å². The number of aromatic nitrogens is 2. The van der Waals surface area contributed by atoms with Crippen LogP contribution in [0.2, 0.25) is 0 Å². The van der Waals surface area contributed by atoms with Crippen molar-refractivity contribution in [2.75, 3.05) is 0 Å². The van der Waals surface area contributed by atoms with Crippen LogP contribution in [0.15, 0.2) is 30.6 Å². The van der Waals surface area contributed by atoms with Gasteiger partial charge in [-0.15, -0.1) is 0 Å². The van der Waals surface area contributed by atoms with E-state index in [-0.39, 0.29) is 5.69 Å². The highest BCUT2D eigenvalue weighted by Crippen LogP contribution is 2.27. The van der Waals surface area contributed by atoms with Crippen molar-refractivity contribution in [1.29, 1.82) is 5.26 Å². The third-order valence-electron chi connectivity index (χ3n) is 4.51. The Morgan fingerprint density at radius 1 is 1.36 bits per heavy atom. The van der Waals surface area contributed by atoms with Crippen molar-refractivity contribution in [3.05, 3.63) is 36.3 Å². The van der Waals surface area contributed by atoms with Crippen molar-refractivity contribution in [2.45, 2.75) is 50.7 Å². The van der Waals surface area contributed by atoms with E-state index in [9.17, 15) is 14.9 Å². The number of rotatable bonds is 4. The van der Waals surface area contributed by atoms with Crippen LogP contribution in [0.5, 0.6) is 0 Å². The number of fused-ring (bicyclic) bond motifs is 1. The quantitative estimate of drug-likeness (QED) is 0.861. The molecule has 3 rings (SSSR count). The molecule has 25 heavy (non-hydrogen) atoms. The van der Waals surface area contributed by atoms with Gasteiger partial charge in [0.2, 0.25) is 0 Å². The van der Waals surface area contributed by atoms with Crippen LogP contribution in [0.4, 0.5) is 0 Å². The molecule has 1 aliphatic carbocycles. The number of carbonyl (C=O) groups excluding carboxylic acids is 2. The van der Waals surface area contributed by atoms with Crippen LogP contribution in [0, 0.1) is 11.3 Å². The summed E-state index contributed by atoms with van der Waals surface area (Å²) in [5.41, 5.74) is -0.0882. The third kappa shape index (κ3) is 3.63. The second-order valence-electron chi connectivity index (χ2n) is 6.38. The van der Waals surface area contributed by atoms with E-state index in [1.54, 1.807) is 22.9 Å². The summed E-state index contributed by atoms with van der Waals surface area (Å²) in [6, 6.07) is 7.63. The van der Waals surface area contributed by atoms with E-state index in [0.29, 0.717) is 18.5 Å². The number of hydrogen-bond donors (Lipinski definition) is 1. The highest BCUT2D eigenvalue weighted by Gasteiger charge is 2.35. The standard InChI is InChI=1S/C18H20N4O3/c1-13(16(23)21-18(12-19)8-4-2-5-9-18)25-17(24)14-11-22-10-6-3-7-15(22)20-14/h3,6-7,10-11,13H,2,4-5,8-9H2,1H3,(H,21,23). The Kier molecular flexibility index (Phi) is 4.70. The van der Waals surface area contributed by atoms with Crippen LogP contribution in [0.3, 0.4) is 0 Å². The third-order valence-corrected chi connectivity index (χ3v) is 4.51. The Balaban J connectivity index is 1.64. The smallest absolute Gasteiger partial charge is 0.359 e.